The van der Waals surface area contributed by atoms with Crippen LogP contribution in [0.1, 0.15) is 6.92 Å². The minimum atomic E-state index is -0.720. The molecule has 1 heterocycles. The molecule has 0 aliphatic heterocycles. The van der Waals surface area contributed by atoms with Gasteiger partial charge in [0, 0.05) is 26.2 Å². The van der Waals surface area contributed by atoms with Gasteiger partial charge in [-0.2, -0.15) is 5.10 Å². The molecule has 1 aromatic rings. The van der Waals surface area contributed by atoms with Crippen molar-refractivity contribution in [2.75, 3.05) is 25.0 Å². The summed E-state index contributed by atoms with van der Waals surface area (Å²) < 4.78 is 6.25. The number of imide groups is 1. The molecule has 100 valence electrons. The molecular formula is C10H17N5O3. The molecule has 0 fully saturated rings. The van der Waals surface area contributed by atoms with Gasteiger partial charge in [-0.15, -0.1) is 0 Å². The smallest absolute Gasteiger partial charge is 0.418 e. The second-order valence-corrected chi connectivity index (χ2v) is 3.41. The van der Waals surface area contributed by atoms with Gasteiger partial charge in [-0.05, 0) is 6.92 Å². The number of hydrogen-bond acceptors (Lipinski definition) is 5. The number of rotatable bonds is 4. The second-order valence-electron chi connectivity index (χ2n) is 3.41. The van der Waals surface area contributed by atoms with Crippen molar-refractivity contribution in [3.05, 3.63) is 12.3 Å². The average Bonchev–Trinajstić information content (AvgIpc) is 2.72. The number of nitrogens with one attached hydrogen (secondary N) is 1. The fourth-order valence-corrected chi connectivity index (χ4v) is 1.28. The highest BCUT2D eigenvalue weighted by molar-refractivity contribution is 5.98. The number of hydrogen-bond donors (Lipinski definition) is 2. The molecule has 0 saturated heterocycles. The van der Waals surface area contributed by atoms with Crippen LogP contribution in [-0.4, -0.2) is 46.5 Å². The summed E-state index contributed by atoms with van der Waals surface area (Å²) in [5.41, 5.74) is 5.36. The van der Waals surface area contributed by atoms with Crippen molar-refractivity contribution in [1.29, 1.82) is 0 Å². The van der Waals surface area contributed by atoms with Crippen molar-refractivity contribution in [3.63, 3.8) is 0 Å². The highest BCUT2D eigenvalue weighted by Gasteiger charge is 2.22. The van der Waals surface area contributed by atoms with Crippen LogP contribution in [0.25, 0.3) is 0 Å². The Labute approximate surface area is 105 Å². The lowest BCUT2D eigenvalue weighted by Crippen LogP contribution is -2.43. The van der Waals surface area contributed by atoms with Crippen LogP contribution in [0.4, 0.5) is 15.4 Å². The van der Waals surface area contributed by atoms with Crippen molar-refractivity contribution in [2.45, 2.75) is 6.92 Å². The predicted molar refractivity (Wildman–Crippen MR) is 65.0 cm³/mol. The molecule has 1 rings (SSSR count). The number of aromatic nitrogens is 2. The van der Waals surface area contributed by atoms with Crippen molar-refractivity contribution in [3.8, 4) is 0 Å². The zero-order chi connectivity index (χ0) is 13.5. The molecule has 0 aliphatic carbocycles. The predicted octanol–water partition coefficient (Wildman–Crippen LogP) is 0.369. The minimum Gasteiger partial charge on any atom is -0.449 e. The maximum Gasteiger partial charge on any atom is 0.418 e. The van der Waals surface area contributed by atoms with Gasteiger partial charge < -0.3 is 10.5 Å². The van der Waals surface area contributed by atoms with Gasteiger partial charge >= 0.3 is 12.1 Å². The molecule has 0 unspecified atom stereocenters. The molecule has 8 nitrogen and oxygen atoms in total. The van der Waals surface area contributed by atoms with E-state index < -0.39 is 12.1 Å². The first kappa shape index (κ1) is 14.0. The number of nitrogens with two attached hydrogens (primary N) is 1. The Bertz CT molecular complexity index is 417. The molecule has 0 bridgehead atoms. The van der Waals surface area contributed by atoms with Gasteiger partial charge in [-0.3, -0.25) is 10.00 Å². The number of ether oxygens (including phenoxy) is 1. The molecule has 0 saturated carbocycles. The third kappa shape index (κ3) is 3.45. The van der Waals surface area contributed by atoms with Gasteiger partial charge in [0.2, 0.25) is 0 Å². The van der Waals surface area contributed by atoms with E-state index in [0.29, 0.717) is 5.82 Å². The van der Waals surface area contributed by atoms with Crippen LogP contribution >= 0.6 is 0 Å². The zero-order valence-electron chi connectivity index (χ0n) is 10.4. The molecule has 18 heavy (non-hydrogen) atoms. The van der Waals surface area contributed by atoms with Crippen molar-refractivity contribution >= 4 is 17.9 Å². The van der Waals surface area contributed by atoms with Crippen LogP contribution in [0, 0.1) is 0 Å². The SMILES string of the molecule is CCOC(=O)N(CCN)C(=O)Nc1ccnn1C. The largest absolute Gasteiger partial charge is 0.449 e. The average molecular weight is 255 g/mol. The standard InChI is InChI=1S/C10H17N5O3/c1-3-18-10(17)15(7-5-11)9(16)13-8-4-6-12-14(8)2/h4,6H,3,5,7,11H2,1-2H3,(H,13,16). The molecule has 0 aliphatic rings. The Morgan fingerprint density at radius 2 is 2.33 bits per heavy atom. The summed E-state index contributed by atoms with van der Waals surface area (Å²) >= 11 is 0. The quantitative estimate of drug-likeness (QED) is 0.809. The summed E-state index contributed by atoms with van der Waals surface area (Å²) in [6, 6.07) is 1.02. The maximum atomic E-state index is 11.9. The van der Waals surface area contributed by atoms with E-state index in [9.17, 15) is 9.59 Å². The second kappa shape index (κ2) is 6.60. The molecule has 3 N–H and O–H groups in total. The van der Waals surface area contributed by atoms with Crippen LogP contribution < -0.4 is 11.1 Å². The van der Waals surface area contributed by atoms with Crippen LogP contribution in [0.3, 0.4) is 0 Å². The first-order valence-electron chi connectivity index (χ1n) is 5.53. The van der Waals surface area contributed by atoms with Crippen molar-refractivity contribution in [2.24, 2.45) is 12.8 Å². The van der Waals surface area contributed by atoms with E-state index in [1.54, 1.807) is 20.0 Å². The Morgan fingerprint density at radius 3 is 2.83 bits per heavy atom. The van der Waals surface area contributed by atoms with Crippen molar-refractivity contribution < 1.29 is 14.3 Å². The molecule has 0 radical (unpaired) electrons. The maximum absolute atomic E-state index is 11.9. The summed E-state index contributed by atoms with van der Waals surface area (Å²) in [7, 11) is 1.67. The fourth-order valence-electron chi connectivity index (χ4n) is 1.28. The summed E-state index contributed by atoms with van der Waals surface area (Å²) in [5, 5.41) is 6.44. The molecule has 0 spiro atoms. The van der Waals surface area contributed by atoms with Gasteiger partial charge in [0.05, 0.1) is 12.8 Å². The van der Waals surface area contributed by atoms with E-state index in [4.69, 9.17) is 10.5 Å². The van der Waals surface area contributed by atoms with Crippen molar-refractivity contribution in [1.82, 2.24) is 14.7 Å². The highest BCUT2D eigenvalue weighted by Crippen LogP contribution is 2.06. The van der Waals surface area contributed by atoms with E-state index >= 15 is 0 Å². The number of nitrogens with zero attached hydrogens (tertiary/aromatic N) is 3. The van der Waals surface area contributed by atoms with Crippen LogP contribution in [0.15, 0.2) is 12.3 Å². The monoisotopic (exact) mass is 255 g/mol. The van der Waals surface area contributed by atoms with Crippen LogP contribution in [0.2, 0.25) is 0 Å². The van der Waals surface area contributed by atoms with Gasteiger partial charge in [0.15, 0.2) is 0 Å². The fraction of sp³-hybridized carbons (Fsp3) is 0.500. The topological polar surface area (TPSA) is 102 Å². The lowest BCUT2D eigenvalue weighted by molar-refractivity contribution is 0.118. The molecule has 0 aromatic carbocycles. The lowest BCUT2D eigenvalue weighted by Gasteiger charge is -2.19. The number of anilines is 1. The first-order chi connectivity index (χ1) is 8.60. The minimum absolute atomic E-state index is 0.0858. The first-order valence-corrected chi connectivity index (χ1v) is 5.53. The molecule has 3 amide bonds. The summed E-state index contributed by atoms with van der Waals surface area (Å²) in [6.07, 6.45) is 0.815. The zero-order valence-corrected chi connectivity index (χ0v) is 10.4. The Balaban J connectivity index is 2.71. The van der Waals surface area contributed by atoms with E-state index in [1.807, 2.05) is 0 Å². The number of aryl methyl sites for hydroxylation is 1. The molecule has 1 aromatic heterocycles. The van der Waals surface area contributed by atoms with Gasteiger partial charge in [0.25, 0.3) is 0 Å². The number of carbonyl (C=O) groups is 2. The third-order valence-electron chi connectivity index (χ3n) is 2.14. The molecule has 8 heteroatoms. The third-order valence-corrected chi connectivity index (χ3v) is 2.14. The molecular weight excluding hydrogens is 238 g/mol. The van der Waals surface area contributed by atoms with E-state index in [2.05, 4.69) is 10.4 Å². The Hall–Kier alpha value is -2.09. The normalized spacial score (nSPS) is 9.94. The Morgan fingerprint density at radius 1 is 1.61 bits per heavy atom. The lowest BCUT2D eigenvalue weighted by atomic mass is 10.5. The number of amides is 3. The van der Waals surface area contributed by atoms with Gasteiger partial charge in [0.1, 0.15) is 5.82 Å². The van der Waals surface area contributed by atoms with Crippen LogP contribution in [-0.2, 0) is 11.8 Å². The number of urea groups is 1. The van der Waals surface area contributed by atoms with E-state index in [-0.39, 0.29) is 19.7 Å². The highest BCUT2D eigenvalue weighted by atomic mass is 16.6. The summed E-state index contributed by atoms with van der Waals surface area (Å²) in [4.78, 5) is 24.4. The summed E-state index contributed by atoms with van der Waals surface area (Å²) in [5.74, 6) is 0.478. The Kier molecular flexibility index (Phi) is 5.12. The molecule has 0 atom stereocenters. The van der Waals surface area contributed by atoms with Crippen LogP contribution in [0.5, 0.6) is 0 Å². The van der Waals surface area contributed by atoms with Gasteiger partial charge in [-0.25, -0.2) is 14.5 Å². The number of carbonyl (C=O) groups excluding carboxylic acids is 2. The van der Waals surface area contributed by atoms with E-state index in [0.717, 1.165) is 4.90 Å². The summed E-state index contributed by atoms with van der Waals surface area (Å²) in [6.45, 7) is 2.11. The van der Waals surface area contributed by atoms with Gasteiger partial charge in [-0.1, -0.05) is 0 Å². The van der Waals surface area contributed by atoms with E-state index in [1.165, 1.54) is 10.9 Å².